The summed E-state index contributed by atoms with van der Waals surface area (Å²) in [4.78, 5) is 18.8. The van der Waals surface area contributed by atoms with Gasteiger partial charge in [0.15, 0.2) is 0 Å². The largest absolute Gasteiger partial charge is 0.478 e. The van der Waals surface area contributed by atoms with Crippen LogP contribution in [0.2, 0.25) is 5.02 Å². The Morgan fingerprint density at radius 1 is 1.25 bits per heavy atom. The molecule has 0 fully saturated rings. The van der Waals surface area contributed by atoms with Crippen LogP contribution < -0.4 is 4.74 Å². The van der Waals surface area contributed by atoms with Crippen LogP contribution in [0.4, 0.5) is 0 Å². The minimum Gasteiger partial charge on any atom is -0.478 e. The predicted octanol–water partition coefficient (Wildman–Crippen LogP) is 3.55. The highest BCUT2D eigenvalue weighted by Gasteiger charge is 2.12. The van der Waals surface area contributed by atoms with Crippen molar-refractivity contribution in [3.63, 3.8) is 0 Å². The number of rotatable bonds is 3. The lowest BCUT2D eigenvalue weighted by molar-refractivity contribution is 0.0695. The molecule has 0 saturated heterocycles. The Bertz CT molecular complexity index is 663. The normalized spacial score (nSPS) is 10.4. The van der Waals surface area contributed by atoms with Crippen molar-refractivity contribution >= 4 is 17.6 Å². The first-order chi connectivity index (χ1) is 9.38. The molecule has 1 aromatic heterocycles. The molecular formula is C14H13ClN2O3. The van der Waals surface area contributed by atoms with E-state index < -0.39 is 5.97 Å². The zero-order valence-electron chi connectivity index (χ0n) is 11.3. The molecule has 0 atom stereocenters. The number of benzene rings is 1. The van der Waals surface area contributed by atoms with E-state index in [1.807, 2.05) is 13.8 Å². The van der Waals surface area contributed by atoms with Gasteiger partial charge >= 0.3 is 12.0 Å². The Balaban J connectivity index is 2.31. The summed E-state index contributed by atoms with van der Waals surface area (Å²) >= 11 is 6.08. The van der Waals surface area contributed by atoms with E-state index in [-0.39, 0.29) is 11.6 Å². The van der Waals surface area contributed by atoms with Crippen LogP contribution in [0.5, 0.6) is 11.8 Å². The molecule has 2 rings (SSSR count). The number of aromatic carboxylic acids is 1. The van der Waals surface area contributed by atoms with Gasteiger partial charge < -0.3 is 9.84 Å². The molecular weight excluding hydrogens is 280 g/mol. The summed E-state index contributed by atoms with van der Waals surface area (Å²) in [5.41, 5.74) is 2.19. The van der Waals surface area contributed by atoms with Gasteiger partial charge in [-0.2, -0.15) is 4.98 Å². The van der Waals surface area contributed by atoms with Crippen LogP contribution in [0.1, 0.15) is 27.2 Å². The highest BCUT2D eigenvalue weighted by atomic mass is 35.5. The number of aryl methyl sites for hydroxylation is 3. The quantitative estimate of drug-likeness (QED) is 0.936. The molecule has 0 bridgehead atoms. The van der Waals surface area contributed by atoms with E-state index in [1.54, 1.807) is 19.1 Å². The van der Waals surface area contributed by atoms with Crippen molar-refractivity contribution in [2.24, 2.45) is 0 Å². The number of carboxylic acid groups (broad SMARTS) is 1. The van der Waals surface area contributed by atoms with Gasteiger partial charge in [0.1, 0.15) is 5.75 Å². The van der Waals surface area contributed by atoms with Crippen LogP contribution in [-0.4, -0.2) is 21.0 Å². The summed E-state index contributed by atoms with van der Waals surface area (Å²) in [6, 6.07) is 3.66. The maximum Gasteiger partial charge on any atom is 0.339 e. The SMILES string of the molecule is Cc1cc(Oc2ncc(C(=O)O)c(C)n2)cc(C)c1Cl. The number of carboxylic acids is 1. The van der Waals surface area contributed by atoms with E-state index in [0.29, 0.717) is 16.5 Å². The fourth-order valence-corrected chi connectivity index (χ4v) is 1.88. The summed E-state index contributed by atoms with van der Waals surface area (Å²) in [6.45, 7) is 5.35. The summed E-state index contributed by atoms with van der Waals surface area (Å²) < 4.78 is 5.54. The molecule has 0 aliphatic rings. The summed E-state index contributed by atoms with van der Waals surface area (Å²) in [7, 11) is 0. The van der Waals surface area contributed by atoms with Crippen molar-refractivity contribution in [1.29, 1.82) is 0 Å². The second kappa shape index (κ2) is 5.46. The van der Waals surface area contributed by atoms with Crippen molar-refractivity contribution in [2.75, 3.05) is 0 Å². The third-order valence-electron chi connectivity index (χ3n) is 2.81. The fraction of sp³-hybridized carbons (Fsp3) is 0.214. The van der Waals surface area contributed by atoms with Crippen molar-refractivity contribution in [3.05, 3.63) is 45.7 Å². The molecule has 1 N–H and O–H groups in total. The Hall–Kier alpha value is -2.14. The Morgan fingerprint density at radius 3 is 2.35 bits per heavy atom. The molecule has 0 saturated carbocycles. The van der Waals surface area contributed by atoms with Crippen LogP contribution in [0.15, 0.2) is 18.3 Å². The van der Waals surface area contributed by atoms with Gasteiger partial charge in [-0.15, -0.1) is 0 Å². The lowest BCUT2D eigenvalue weighted by atomic mass is 10.1. The third-order valence-corrected chi connectivity index (χ3v) is 3.40. The lowest BCUT2D eigenvalue weighted by Gasteiger charge is -2.09. The predicted molar refractivity (Wildman–Crippen MR) is 74.7 cm³/mol. The molecule has 2 aromatic rings. The van der Waals surface area contributed by atoms with E-state index in [0.717, 1.165) is 11.1 Å². The Labute approximate surface area is 121 Å². The van der Waals surface area contributed by atoms with E-state index in [9.17, 15) is 4.79 Å². The van der Waals surface area contributed by atoms with Crippen molar-refractivity contribution in [1.82, 2.24) is 9.97 Å². The smallest absolute Gasteiger partial charge is 0.339 e. The zero-order valence-corrected chi connectivity index (χ0v) is 12.0. The molecule has 1 heterocycles. The third kappa shape index (κ3) is 2.88. The number of halogens is 1. The molecule has 6 heteroatoms. The van der Waals surface area contributed by atoms with Crippen molar-refractivity contribution in [2.45, 2.75) is 20.8 Å². The van der Waals surface area contributed by atoms with Gasteiger partial charge in [0.25, 0.3) is 0 Å². The maximum absolute atomic E-state index is 10.9. The number of carbonyl (C=O) groups is 1. The molecule has 0 aliphatic carbocycles. The van der Waals surface area contributed by atoms with E-state index >= 15 is 0 Å². The van der Waals surface area contributed by atoms with Gasteiger partial charge in [-0.25, -0.2) is 9.78 Å². The molecule has 0 radical (unpaired) electrons. The summed E-state index contributed by atoms with van der Waals surface area (Å²) in [6.07, 6.45) is 1.23. The standard InChI is InChI=1S/C14H13ClN2O3/c1-7-4-10(5-8(2)12(7)15)20-14-16-6-11(13(18)19)9(3)17-14/h4-6H,1-3H3,(H,18,19). The van der Waals surface area contributed by atoms with Crippen molar-refractivity contribution < 1.29 is 14.6 Å². The van der Waals surface area contributed by atoms with Gasteiger partial charge in [0.05, 0.1) is 11.3 Å². The Morgan fingerprint density at radius 2 is 1.85 bits per heavy atom. The van der Waals surface area contributed by atoms with Gasteiger partial charge in [0, 0.05) is 11.2 Å². The fourth-order valence-electron chi connectivity index (χ4n) is 1.78. The first-order valence-corrected chi connectivity index (χ1v) is 6.28. The minimum absolute atomic E-state index is 0.0563. The van der Waals surface area contributed by atoms with E-state index in [1.165, 1.54) is 6.20 Å². The topological polar surface area (TPSA) is 72.3 Å². The number of hydrogen-bond acceptors (Lipinski definition) is 4. The molecule has 5 nitrogen and oxygen atoms in total. The van der Waals surface area contributed by atoms with Gasteiger partial charge in [0.2, 0.25) is 0 Å². The average molecular weight is 293 g/mol. The molecule has 0 aliphatic heterocycles. The number of ether oxygens (including phenoxy) is 1. The highest BCUT2D eigenvalue weighted by Crippen LogP contribution is 2.28. The van der Waals surface area contributed by atoms with Crippen LogP contribution in [0, 0.1) is 20.8 Å². The second-order valence-electron chi connectivity index (χ2n) is 4.43. The van der Waals surface area contributed by atoms with Crippen LogP contribution in [-0.2, 0) is 0 Å². The molecule has 104 valence electrons. The average Bonchev–Trinajstić information content (AvgIpc) is 2.35. The molecule has 20 heavy (non-hydrogen) atoms. The highest BCUT2D eigenvalue weighted by molar-refractivity contribution is 6.32. The first-order valence-electron chi connectivity index (χ1n) is 5.90. The molecule has 0 unspecified atom stereocenters. The van der Waals surface area contributed by atoms with Crippen molar-refractivity contribution in [3.8, 4) is 11.8 Å². The monoisotopic (exact) mass is 292 g/mol. The van der Waals surface area contributed by atoms with Gasteiger partial charge in [-0.1, -0.05) is 11.6 Å². The lowest BCUT2D eigenvalue weighted by Crippen LogP contribution is -2.04. The minimum atomic E-state index is -1.06. The first kappa shape index (κ1) is 14.3. The summed E-state index contributed by atoms with van der Waals surface area (Å²) in [5.74, 6) is -0.501. The molecule has 0 amide bonds. The second-order valence-corrected chi connectivity index (χ2v) is 4.81. The molecule has 1 aromatic carbocycles. The number of aromatic nitrogens is 2. The number of hydrogen-bond donors (Lipinski definition) is 1. The zero-order chi connectivity index (χ0) is 14.9. The maximum atomic E-state index is 10.9. The van der Waals surface area contributed by atoms with Gasteiger partial charge in [-0.3, -0.25) is 0 Å². The van der Waals surface area contributed by atoms with Crippen LogP contribution >= 0.6 is 11.6 Å². The van der Waals surface area contributed by atoms with Crippen LogP contribution in [0.25, 0.3) is 0 Å². The Kier molecular flexibility index (Phi) is 3.90. The van der Waals surface area contributed by atoms with E-state index in [2.05, 4.69) is 9.97 Å². The molecule has 0 spiro atoms. The number of nitrogens with zero attached hydrogens (tertiary/aromatic N) is 2. The summed E-state index contributed by atoms with van der Waals surface area (Å²) in [5, 5.41) is 9.60. The van der Waals surface area contributed by atoms with Gasteiger partial charge in [-0.05, 0) is 44.0 Å². The van der Waals surface area contributed by atoms with Crippen LogP contribution in [0.3, 0.4) is 0 Å². The van der Waals surface area contributed by atoms with E-state index in [4.69, 9.17) is 21.4 Å².